The molecule has 1 aromatic carbocycles. The molecule has 0 spiro atoms. The Morgan fingerprint density at radius 3 is 2.81 bits per heavy atom. The third-order valence-corrected chi connectivity index (χ3v) is 2.41. The van der Waals surface area contributed by atoms with Gasteiger partial charge in [-0.25, -0.2) is 0 Å². The molecule has 0 saturated heterocycles. The lowest BCUT2D eigenvalue weighted by Gasteiger charge is -2.04. The maximum Gasteiger partial charge on any atom is 0.294 e. The number of hydrogen-bond donors (Lipinski definition) is 1. The highest BCUT2D eigenvalue weighted by Crippen LogP contribution is 2.21. The molecule has 2 aromatic rings. The van der Waals surface area contributed by atoms with Crippen molar-refractivity contribution in [1.29, 1.82) is 0 Å². The summed E-state index contributed by atoms with van der Waals surface area (Å²) in [7, 11) is 0. The topological polar surface area (TPSA) is 55.1 Å². The first-order chi connectivity index (χ1) is 7.68. The molecule has 5 heteroatoms. The lowest BCUT2D eigenvalue weighted by atomic mass is 10.2. The zero-order valence-electron chi connectivity index (χ0n) is 8.53. The molecule has 2 rings (SSSR count). The number of nitrogens with one attached hydrogen (secondary N) is 1. The summed E-state index contributed by atoms with van der Waals surface area (Å²) in [5.41, 5.74) is 1.23. The highest BCUT2D eigenvalue weighted by molar-refractivity contribution is 6.33. The molecule has 1 amide bonds. The monoisotopic (exact) mass is 236 g/mol. The molecule has 1 heterocycles. The van der Waals surface area contributed by atoms with Gasteiger partial charge in [-0.1, -0.05) is 28.9 Å². The van der Waals surface area contributed by atoms with E-state index in [1.165, 1.54) is 6.20 Å². The van der Waals surface area contributed by atoms with Crippen LogP contribution in [0.3, 0.4) is 0 Å². The molecule has 4 nitrogen and oxygen atoms in total. The fourth-order valence-corrected chi connectivity index (χ4v) is 1.43. The standard InChI is InChI=1S/C11H9ClN2O2/c1-7-6-13-16-10(7)11(15)14-9-5-3-2-4-8(9)12/h2-6H,1H3,(H,14,15). The second kappa shape index (κ2) is 4.37. The van der Waals surface area contributed by atoms with Gasteiger partial charge in [0.1, 0.15) is 0 Å². The van der Waals surface area contributed by atoms with Crippen LogP contribution in [-0.2, 0) is 0 Å². The quantitative estimate of drug-likeness (QED) is 0.872. The molecule has 0 aliphatic rings. The van der Waals surface area contributed by atoms with Crippen molar-refractivity contribution in [3.05, 3.63) is 46.8 Å². The summed E-state index contributed by atoms with van der Waals surface area (Å²) in [6.07, 6.45) is 1.49. The van der Waals surface area contributed by atoms with Gasteiger partial charge >= 0.3 is 0 Å². The highest BCUT2D eigenvalue weighted by Gasteiger charge is 2.14. The lowest BCUT2D eigenvalue weighted by molar-refractivity contribution is 0.0987. The number of carbonyl (C=O) groups is 1. The van der Waals surface area contributed by atoms with Crippen LogP contribution in [-0.4, -0.2) is 11.1 Å². The Labute approximate surface area is 97.2 Å². The van der Waals surface area contributed by atoms with Crippen molar-refractivity contribution in [2.75, 3.05) is 5.32 Å². The number of carbonyl (C=O) groups excluding carboxylic acids is 1. The molecule has 0 fully saturated rings. The van der Waals surface area contributed by atoms with Crippen LogP contribution in [0.1, 0.15) is 16.1 Å². The molecular weight excluding hydrogens is 228 g/mol. The number of amides is 1. The van der Waals surface area contributed by atoms with Crippen molar-refractivity contribution in [3.63, 3.8) is 0 Å². The van der Waals surface area contributed by atoms with Crippen molar-refractivity contribution >= 4 is 23.2 Å². The van der Waals surface area contributed by atoms with Crippen molar-refractivity contribution in [1.82, 2.24) is 5.16 Å². The average Bonchev–Trinajstić information content (AvgIpc) is 2.68. The molecule has 16 heavy (non-hydrogen) atoms. The summed E-state index contributed by atoms with van der Waals surface area (Å²) in [5.74, 6) is -0.164. The number of aromatic nitrogens is 1. The van der Waals surface area contributed by atoms with Gasteiger partial charge in [0.25, 0.3) is 5.91 Å². The molecular formula is C11H9ClN2O2. The number of halogens is 1. The smallest absolute Gasteiger partial charge is 0.294 e. The van der Waals surface area contributed by atoms with Crippen molar-refractivity contribution in [2.45, 2.75) is 6.92 Å². The van der Waals surface area contributed by atoms with E-state index in [0.29, 0.717) is 16.3 Å². The summed E-state index contributed by atoms with van der Waals surface area (Å²) < 4.78 is 4.83. The Kier molecular flexibility index (Phi) is 2.92. The van der Waals surface area contributed by atoms with E-state index in [2.05, 4.69) is 10.5 Å². The Morgan fingerprint density at radius 1 is 1.44 bits per heavy atom. The van der Waals surface area contributed by atoms with Gasteiger partial charge in [-0.3, -0.25) is 4.79 Å². The number of anilines is 1. The van der Waals surface area contributed by atoms with Crippen LogP contribution in [0.25, 0.3) is 0 Å². The molecule has 0 saturated carbocycles. The molecule has 0 radical (unpaired) electrons. The van der Waals surface area contributed by atoms with Crippen molar-refractivity contribution < 1.29 is 9.32 Å². The van der Waals surface area contributed by atoms with Crippen molar-refractivity contribution in [2.24, 2.45) is 0 Å². The molecule has 82 valence electrons. The number of aryl methyl sites for hydroxylation is 1. The minimum atomic E-state index is -0.358. The molecule has 0 aliphatic heterocycles. The van der Waals surface area contributed by atoms with Gasteiger partial charge in [0.2, 0.25) is 5.76 Å². The molecule has 0 atom stereocenters. The largest absolute Gasteiger partial charge is 0.351 e. The summed E-state index contributed by atoms with van der Waals surface area (Å²) in [4.78, 5) is 11.7. The van der Waals surface area contributed by atoms with E-state index in [0.717, 1.165) is 0 Å². The minimum absolute atomic E-state index is 0.194. The fraction of sp³-hybridized carbons (Fsp3) is 0.0909. The van der Waals surface area contributed by atoms with Crippen LogP contribution >= 0.6 is 11.6 Å². The Hall–Kier alpha value is -1.81. The van der Waals surface area contributed by atoms with E-state index in [-0.39, 0.29) is 11.7 Å². The Balaban J connectivity index is 2.21. The Morgan fingerprint density at radius 2 is 2.19 bits per heavy atom. The molecule has 1 N–H and O–H groups in total. The first-order valence-electron chi connectivity index (χ1n) is 4.65. The van der Waals surface area contributed by atoms with Gasteiger partial charge in [-0.15, -0.1) is 0 Å². The first-order valence-corrected chi connectivity index (χ1v) is 5.03. The number of nitrogens with zero attached hydrogens (tertiary/aromatic N) is 1. The average molecular weight is 237 g/mol. The second-order valence-corrected chi connectivity index (χ2v) is 3.68. The van der Waals surface area contributed by atoms with Gasteiger partial charge in [0.15, 0.2) is 0 Å². The normalized spacial score (nSPS) is 10.1. The summed E-state index contributed by atoms with van der Waals surface area (Å²) >= 11 is 5.91. The van der Waals surface area contributed by atoms with Crippen LogP contribution in [0.4, 0.5) is 5.69 Å². The zero-order chi connectivity index (χ0) is 11.5. The third kappa shape index (κ3) is 2.06. The van der Waals surface area contributed by atoms with E-state index in [9.17, 15) is 4.79 Å². The van der Waals surface area contributed by atoms with Gasteiger partial charge < -0.3 is 9.84 Å². The van der Waals surface area contributed by atoms with Gasteiger partial charge in [-0.2, -0.15) is 0 Å². The van der Waals surface area contributed by atoms with Crippen LogP contribution in [0.15, 0.2) is 35.0 Å². The first kappa shape index (κ1) is 10.7. The predicted octanol–water partition coefficient (Wildman–Crippen LogP) is 2.89. The highest BCUT2D eigenvalue weighted by atomic mass is 35.5. The van der Waals surface area contributed by atoms with E-state index < -0.39 is 0 Å². The molecule has 0 aliphatic carbocycles. The van der Waals surface area contributed by atoms with E-state index in [4.69, 9.17) is 16.1 Å². The van der Waals surface area contributed by atoms with Gasteiger partial charge in [-0.05, 0) is 19.1 Å². The summed E-state index contributed by atoms with van der Waals surface area (Å²) in [6, 6.07) is 6.99. The van der Waals surface area contributed by atoms with E-state index in [1.807, 2.05) is 0 Å². The van der Waals surface area contributed by atoms with Crippen molar-refractivity contribution in [3.8, 4) is 0 Å². The fourth-order valence-electron chi connectivity index (χ4n) is 1.25. The second-order valence-electron chi connectivity index (χ2n) is 3.27. The maximum atomic E-state index is 11.7. The summed E-state index contributed by atoms with van der Waals surface area (Å²) in [6.45, 7) is 1.75. The van der Waals surface area contributed by atoms with Crippen LogP contribution < -0.4 is 5.32 Å². The van der Waals surface area contributed by atoms with Gasteiger partial charge in [0, 0.05) is 5.56 Å². The summed E-state index contributed by atoms with van der Waals surface area (Å²) in [5, 5.41) is 6.67. The number of para-hydroxylation sites is 1. The Bertz CT molecular complexity index is 522. The molecule has 0 unspecified atom stereocenters. The SMILES string of the molecule is Cc1cnoc1C(=O)Nc1ccccc1Cl. The van der Waals surface area contributed by atoms with E-state index in [1.54, 1.807) is 31.2 Å². The van der Waals surface area contributed by atoms with Crippen LogP contribution in [0, 0.1) is 6.92 Å². The van der Waals surface area contributed by atoms with E-state index >= 15 is 0 Å². The molecule has 0 bridgehead atoms. The minimum Gasteiger partial charge on any atom is -0.351 e. The van der Waals surface area contributed by atoms with Crippen LogP contribution in [0.5, 0.6) is 0 Å². The number of benzene rings is 1. The number of hydrogen-bond acceptors (Lipinski definition) is 3. The zero-order valence-corrected chi connectivity index (χ0v) is 9.28. The lowest BCUT2D eigenvalue weighted by Crippen LogP contribution is -2.12. The number of rotatable bonds is 2. The maximum absolute atomic E-state index is 11.7. The predicted molar refractivity (Wildman–Crippen MR) is 60.6 cm³/mol. The van der Waals surface area contributed by atoms with Crippen LogP contribution in [0.2, 0.25) is 5.02 Å². The third-order valence-electron chi connectivity index (χ3n) is 2.08. The van der Waals surface area contributed by atoms with Gasteiger partial charge in [0.05, 0.1) is 16.9 Å². The molecule has 1 aromatic heterocycles.